The van der Waals surface area contributed by atoms with Crippen LogP contribution in [0.25, 0.3) is 0 Å². The quantitative estimate of drug-likeness (QED) is 0.648. The Morgan fingerprint density at radius 1 is 1.75 bits per heavy atom. The molecule has 0 bridgehead atoms. The lowest BCUT2D eigenvalue weighted by molar-refractivity contribution is 0.110. The van der Waals surface area contributed by atoms with E-state index in [4.69, 9.17) is 0 Å². The van der Waals surface area contributed by atoms with Crippen LogP contribution in [0.5, 0.6) is 0 Å². The molecule has 1 saturated heterocycles. The van der Waals surface area contributed by atoms with Crippen molar-refractivity contribution < 1.29 is 4.79 Å². The van der Waals surface area contributed by atoms with Crippen LogP contribution in [0.2, 0.25) is 0 Å². The topological polar surface area (TPSA) is 34.9 Å². The van der Waals surface area contributed by atoms with Gasteiger partial charge in [0.05, 0.1) is 0 Å². The monoisotopic (exact) mass is 182 g/mol. The molecule has 1 unspecified atom stereocenters. The third-order valence-corrected chi connectivity index (χ3v) is 3.25. The maximum absolute atomic E-state index is 10.6. The minimum absolute atomic E-state index is 0.484. The number of carbonyl (C=O) groups excluding carboxylic acids is 1. The Bertz CT molecular complexity index is 278. The average Bonchev–Trinajstić information content (AvgIpc) is 2.74. The van der Waals surface area contributed by atoms with Crippen LogP contribution in [0.4, 0.5) is 0 Å². The van der Waals surface area contributed by atoms with Gasteiger partial charge >= 0.3 is 0 Å². The molecule has 2 heterocycles. The van der Waals surface area contributed by atoms with Crippen LogP contribution >= 0.6 is 11.8 Å². The second-order valence-electron chi connectivity index (χ2n) is 2.83. The molecule has 1 aliphatic heterocycles. The second-order valence-corrected chi connectivity index (χ2v) is 3.98. The number of nitrogens with zero attached hydrogens (tertiary/aromatic N) is 2. The first-order valence-electron chi connectivity index (χ1n) is 3.97. The number of imidazole rings is 1. The molecule has 0 N–H and O–H groups in total. The van der Waals surface area contributed by atoms with Gasteiger partial charge in [0.15, 0.2) is 12.1 Å². The maximum atomic E-state index is 10.6. The smallest absolute Gasteiger partial charge is 0.185 e. The molecule has 0 aromatic carbocycles. The van der Waals surface area contributed by atoms with Gasteiger partial charge in [-0.3, -0.25) is 4.79 Å². The SMILES string of the molecule is O=Cc1nccn1C1CCSC1. The summed E-state index contributed by atoms with van der Waals surface area (Å²) >= 11 is 1.94. The molecule has 0 spiro atoms. The van der Waals surface area contributed by atoms with Gasteiger partial charge in [0.2, 0.25) is 0 Å². The van der Waals surface area contributed by atoms with Crippen molar-refractivity contribution in [1.29, 1.82) is 0 Å². The van der Waals surface area contributed by atoms with E-state index >= 15 is 0 Å². The molecular formula is C8H10N2OS. The number of carbonyl (C=O) groups is 1. The Labute approximate surface area is 75.2 Å². The summed E-state index contributed by atoms with van der Waals surface area (Å²) in [5.74, 6) is 2.86. The fraction of sp³-hybridized carbons (Fsp3) is 0.500. The standard InChI is InChI=1S/C8H10N2OS/c11-5-8-9-2-3-10(8)7-1-4-12-6-7/h2-3,5,7H,1,4,6H2. The molecule has 0 aliphatic carbocycles. The average molecular weight is 182 g/mol. The largest absolute Gasteiger partial charge is 0.325 e. The van der Waals surface area contributed by atoms with Crippen molar-refractivity contribution >= 4 is 18.0 Å². The van der Waals surface area contributed by atoms with E-state index in [1.165, 1.54) is 5.75 Å². The van der Waals surface area contributed by atoms with E-state index in [0.29, 0.717) is 11.9 Å². The number of hydrogen-bond donors (Lipinski definition) is 0. The maximum Gasteiger partial charge on any atom is 0.185 e. The van der Waals surface area contributed by atoms with Gasteiger partial charge in [0, 0.05) is 24.2 Å². The minimum Gasteiger partial charge on any atom is -0.325 e. The summed E-state index contributed by atoms with van der Waals surface area (Å²) < 4.78 is 1.98. The first-order valence-corrected chi connectivity index (χ1v) is 5.13. The van der Waals surface area contributed by atoms with Crippen LogP contribution in [-0.4, -0.2) is 27.3 Å². The first kappa shape index (κ1) is 7.86. The summed E-state index contributed by atoms with van der Waals surface area (Å²) in [6.07, 6.45) is 5.55. The Morgan fingerprint density at radius 2 is 2.67 bits per heavy atom. The highest BCUT2D eigenvalue weighted by molar-refractivity contribution is 7.99. The molecule has 4 heteroatoms. The molecule has 3 nitrogen and oxygen atoms in total. The van der Waals surface area contributed by atoms with E-state index < -0.39 is 0 Å². The number of rotatable bonds is 2. The normalized spacial score (nSPS) is 22.8. The summed E-state index contributed by atoms with van der Waals surface area (Å²) in [6.45, 7) is 0. The zero-order valence-electron chi connectivity index (χ0n) is 6.64. The van der Waals surface area contributed by atoms with E-state index in [0.717, 1.165) is 18.5 Å². The first-order chi connectivity index (χ1) is 5.92. The molecule has 12 heavy (non-hydrogen) atoms. The van der Waals surface area contributed by atoms with E-state index in [2.05, 4.69) is 4.98 Å². The van der Waals surface area contributed by atoms with Crippen LogP contribution in [-0.2, 0) is 0 Å². The van der Waals surface area contributed by atoms with Crippen LogP contribution in [0.1, 0.15) is 23.1 Å². The van der Waals surface area contributed by atoms with Crippen molar-refractivity contribution in [2.75, 3.05) is 11.5 Å². The van der Waals surface area contributed by atoms with Gasteiger partial charge in [-0.1, -0.05) is 0 Å². The number of thioether (sulfide) groups is 1. The van der Waals surface area contributed by atoms with Gasteiger partial charge in [-0.25, -0.2) is 4.98 Å². The third kappa shape index (κ3) is 1.27. The summed E-state index contributed by atoms with van der Waals surface area (Å²) in [4.78, 5) is 14.5. The lowest BCUT2D eigenvalue weighted by Gasteiger charge is -2.10. The second kappa shape index (κ2) is 3.31. The fourth-order valence-corrected chi connectivity index (χ4v) is 2.67. The van der Waals surface area contributed by atoms with E-state index in [1.54, 1.807) is 6.20 Å². The van der Waals surface area contributed by atoms with Crippen molar-refractivity contribution in [1.82, 2.24) is 9.55 Å². The van der Waals surface area contributed by atoms with Crippen molar-refractivity contribution in [2.45, 2.75) is 12.5 Å². The zero-order chi connectivity index (χ0) is 8.39. The van der Waals surface area contributed by atoms with Crippen molar-refractivity contribution in [3.05, 3.63) is 18.2 Å². The van der Waals surface area contributed by atoms with Crippen molar-refractivity contribution in [2.24, 2.45) is 0 Å². The molecule has 1 aromatic rings. The van der Waals surface area contributed by atoms with Crippen LogP contribution in [0.3, 0.4) is 0 Å². The van der Waals surface area contributed by atoms with Gasteiger partial charge < -0.3 is 4.57 Å². The van der Waals surface area contributed by atoms with Crippen LogP contribution in [0.15, 0.2) is 12.4 Å². The lowest BCUT2D eigenvalue weighted by atomic mass is 10.2. The number of hydrogen-bond acceptors (Lipinski definition) is 3. The van der Waals surface area contributed by atoms with E-state index in [-0.39, 0.29) is 0 Å². The molecule has 1 aromatic heterocycles. The Kier molecular flexibility index (Phi) is 2.17. The van der Waals surface area contributed by atoms with E-state index in [1.807, 2.05) is 22.5 Å². The molecule has 2 rings (SSSR count). The number of aldehydes is 1. The summed E-state index contributed by atoms with van der Waals surface area (Å²) in [6, 6.07) is 0.484. The van der Waals surface area contributed by atoms with Gasteiger partial charge in [0.25, 0.3) is 0 Å². The summed E-state index contributed by atoms with van der Waals surface area (Å²) in [5, 5.41) is 0. The Balaban J connectivity index is 2.25. The molecule has 1 atom stereocenters. The molecule has 0 radical (unpaired) electrons. The lowest BCUT2D eigenvalue weighted by Crippen LogP contribution is -2.10. The number of aromatic nitrogens is 2. The Hall–Kier alpha value is -0.770. The summed E-state index contributed by atoms with van der Waals surface area (Å²) in [7, 11) is 0. The molecule has 0 amide bonds. The molecule has 1 fully saturated rings. The highest BCUT2D eigenvalue weighted by Gasteiger charge is 2.18. The fourth-order valence-electron chi connectivity index (χ4n) is 1.47. The predicted octanol–water partition coefficient (Wildman–Crippen LogP) is 1.37. The van der Waals surface area contributed by atoms with Gasteiger partial charge in [-0.05, 0) is 12.2 Å². The van der Waals surface area contributed by atoms with Crippen LogP contribution in [0, 0.1) is 0 Å². The summed E-state index contributed by atoms with van der Waals surface area (Å²) in [5.41, 5.74) is 0. The Morgan fingerprint density at radius 3 is 3.33 bits per heavy atom. The van der Waals surface area contributed by atoms with Crippen LogP contribution < -0.4 is 0 Å². The van der Waals surface area contributed by atoms with Gasteiger partial charge in [0.1, 0.15) is 0 Å². The van der Waals surface area contributed by atoms with Gasteiger partial charge in [-0.15, -0.1) is 0 Å². The molecular weight excluding hydrogens is 172 g/mol. The highest BCUT2D eigenvalue weighted by atomic mass is 32.2. The predicted molar refractivity (Wildman–Crippen MR) is 48.6 cm³/mol. The zero-order valence-corrected chi connectivity index (χ0v) is 7.46. The minimum atomic E-state index is 0.484. The van der Waals surface area contributed by atoms with Gasteiger partial charge in [-0.2, -0.15) is 11.8 Å². The van der Waals surface area contributed by atoms with Crippen molar-refractivity contribution in [3.8, 4) is 0 Å². The van der Waals surface area contributed by atoms with E-state index in [9.17, 15) is 4.79 Å². The molecule has 1 aliphatic rings. The third-order valence-electron chi connectivity index (χ3n) is 2.10. The molecule has 64 valence electrons. The highest BCUT2D eigenvalue weighted by Crippen LogP contribution is 2.28. The molecule has 0 saturated carbocycles. The van der Waals surface area contributed by atoms with Crippen molar-refractivity contribution in [3.63, 3.8) is 0 Å².